The van der Waals surface area contributed by atoms with Gasteiger partial charge in [0.2, 0.25) is 0 Å². The molecular formula is C18H28N2O2. The standard InChI is InChI=1S/C18H28N2O2/c1-3-17(22-16-8-4-6-14(2)12-16)18(21)20-11-9-15-7-5-10-19-13-15/h4,6,8,12,15,17,19H,3,5,7,9-11,13H2,1-2H3,(H,20,21). The van der Waals surface area contributed by atoms with E-state index in [9.17, 15) is 4.79 Å². The molecule has 122 valence electrons. The van der Waals surface area contributed by atoms with Crippen molar-refractivity contribution in [1.29, 1.82) is 0 Å². The molecule has 22 heavy (non-hydrogen) atoms. The van der Waals surface area contributed by atoms with E-state index in [1.807, 2.05) is 38.1 Å². The maximum atomic E-state index is 12.3. The highest BCUT2D eigenvalue weighted by atomic mass is 16.5. The lowest BCUT2D eigenvalue weighted by molar-refractivity contribution is -0.128. The first kappa shape index (κ1) is 16.8. The van der Waals surface area contributed by atoms with Gasteiger partial charge in [-0.25, -0.2) is 0 Å². The van der Waals surface area contributed by atoms with Crippen molar-refractivity contribution >= 4 is 5.91 Å². The van der Waals surface area contributed by atoms with Crippen LogP contribution in [-0.4, -0.2) is 31.6 Å². The van der Waals surface area contributed by atoms with Crippen LogP contribution in [0.3, 0.4) is 0 Å². The van der Waals surface area contributed by atoms with E-state index in [0.29, 0.717) is 12.3 Å². The number of carbonyl (C=O) groups excluding carboxylic acids is 1. The summed E-state index contributed by atoms with van der Waals surface area (Å²) in [6.45, 7) is 6.94. The molecule has 0 spiro atoms. The van der Waals surface area contributed by atoms with Crippen molar-refractivity contribution in [1.82, 2.24) is 10.6 Å². The maximum Gasteiger partial charge on any atom is 0.261 e. The zero-order valence-electron chi connectivity index (χ0n) is 13.7. The lowest BCUT2D eigenvalue weighted by Crippen LogP contribution is -2.40. The van der Waals surface area contributed by atoms with Crippen LogP contribution in [0, 0.1) is 12.8 Å². The molecule has 4 heteroatoms. The largest absolute Gasteiger partial charge is 0.481 e. The topological polar surface area (TPSA) is 50.4 Å². The number of nitrogens with one attached hydrogen (secondary N) is 2. The van der Waals surface area contributed by atoms with Gasteiger partial charge in [-0.15, -0.1) is 0 Å². The second kappa shape index (κ2) is 8.79. The van der Waals surface area contributed by atoms with Gasteiger partial charge < -0.3 is 15.4 Å². The van der Waals surface area contributed by atoms with Crippen LogP contribution in [-0.2, 0) is 4.79 Å². The van der Waals surface area contributed by atoms with Crippen LogP contribution in [0.4, 0.5) is 0 Å². The van der Waals surface area contributed by atoms with Crippen LogP contribution < -0.4 is 15.4 Å². The summed E-state index contributed by atoms with van der Waals surface area (Å²) in [5, 5.41) is 6.43. The molecule has 1 aromatic rings. The second-order valence-corrected chi connectivity index (χ2v) is 6.12. The van der Waals surface area contributed by atoms with Crippen LogP contribution in [0.5, 0.6) is 5.75 Å². The lowest BCUT2D eigenvalue weighted by atomic mass is 9.96. The molecule has 1 saturated heterocycles. The summed E-state index contributed by atoms with van der Waals surface area (Å²) in [5.74, 6) is 1.44. The van der Waals surface area contributed by atoms with E-state index in [1.54, 1.807) is 0 Å². The molecule has 2 N–H and O–H groups in total. The molecule has 1 heterocycles. The first-order valence-electron chi connectivity index (χ1n) is 8.40. The summed E-state index contributed by atoms with van der Waals surface area (Å²) in [6.07, 6.45) is 3.81. The van der Waals surface area contributed by atoms with E-state index < -0.39 is 6.10 Å². The number of hydrogen-bond donors (Lipinski definition) is 2. The number of ether oxygens (including phenoxy) is 1. The van der Waals surface area contributed by atoms with Crippen molar-refractivity contribution in [2.45, 2.75) is 45.6 Å². The molecule has 1 amide bonds. The van der Waals surface area contributed by atoms with Crippen LogP contribution in [0.25, 0.3) is 0 Å². The van der Waals surface area contributed by atoms with E-state index in [1.165, 1.54) is 12.8 Å². The summed E-state index contributed by atoms with van der Waals surface area (Å²) in [4.78, 5) is 12.3. The van der Waals surface area contributed by atoms with Gasteiger partial charge in [0.05, 0.1) is 0 Å². The summed E-state index contributed by atoms with van der Waals surface area (Å²) in [7, 11) is 0. The molecule has 1 aliphatic heterocycles. The third kappa shape index (κ3) is 5.34. The summed E-state index contributed by atoms with van der Waals surface area (Å²) >= 11 is 0. The van der Waals surface area contributed by atoms with Crippen LogP contribution in [0.15, 0.2) is 24.3 Å². The van der Waals surface area contributed by atoms with Crippen molar-refractivity contribution in [3.63, 3.8) is 0 Å². The van der Waals surface area contributed by atoms with Crippen LogP contribution in [0.1, 0.15) is 38.2 Å². The predicted molar refractivity (Wildman–Crippen MR) is 89.1 cm³/mol. The van der Waals surface area contributed by atoms with Crippen molar-refractivity contribution < 1.29 is 9.53 Å². The van der Waals surface area contributed by atoms with Gasteiger partial charge in [0.15, 0.2) is 6.10 Å². The SMILES string of the molecule is CCC(Oc1cccc(C)c1)C(=O)NCCC1CCCNC1. The number of hydrogen-bond acceptors (Lipinski definition) is 3. The third-order valence-electron chi connectivity index (χ3n) is 4.18. The van der Waals surface area contributed by atoms with Gasteiger partial charge in [0, 0.05) is 6.54 Å². The predicted octanol–water partition coefficient (Wildman–Crippen LogP) is 2.66. The summed E-state index contributed by atoms with van der Waals surface area (Å²) in [6, 6.07) is 7.83. The number of piperidine rings is 1. The van der Waals surface area contributed by atoms with E-state index >= 15 is 0 Å². The van der Waals surface area contributed by atoms with Crippen LogP contribution in [0.2, 0.25) is 0 Å². The Bertz CT molecular complexity index is 470. The Labute approximate surface area is 133 Å². The summed E-state index contributed by atoms with van der Waals surface area (Å²) < 4.78 is 5.82. The van der Waals surface area contributed by atoms with Crippen molar-refractivity contribution in [3.8, 4) is 5.75 Å². The normalized spacial score (nSPS) is 19.5. The molecule has 0 saturated carbocycles. The molecular weight excluding hydrogens is 276 g/mol. The zero-order chi connectivity index (χ0) is 15.8. The fourth-order valence-corrected chi connectivity index (χ4v) is 2.86. The minimum Gasteiger partial charge on any atom is -0.481 e. The highest BCUT2D eigenvalue weighted by molar-refractivity contribution is 5.81. The molecule has 4 nitrogen and oxygen atoms in total. The Hall–Kier alpha value is -1.55. The number of rotatable bonds is 7. The van der Waals surface area contributed by atoms with E-state index in [-0.39, 0.29) is 5.91 Å². The van der Waals surface area contributed by atoms with Gasteiger partial charge in [-0.1, -0.05) is 19.1 Å². The fourth-order valence-electron chi connectivity index (χ4n) is 2.86. The van der Waals surface area contributed by atoms with Gasteiger partial charge in [-0.2, -0.15) is 0 Å². The van der Waals surface area contributed by atoms with E-state index in [4.69, 9.17) is 4.74 Å². The molecule has 2 unspecified atom stereocenters. The highest BCUT2D eigenvalue weighted by Gasteiger charge is 2.19. The third-order valence-corrected chi connectivity index (χ3v) is 4.18. The Balaban J connectivity index is 1.76. The molecule has 1 aliphatic rings. The van der Waals surface area contributed by atoms with Gasteiger partial charge in [-0.3, -0.25) is 4.79 Å². The van der Waals surface area contributed by atoms with Gasteiger partial charge in [0.1, 0.15) is 5.75 Å². The quantitative estimate of drug-likeness (QED) is 0.814. The second-order valence-electron chi connectivity index (χ2n) is 6.12. The lowest BCUT2D eigenvalue weighted by Gasteiger charge is -2.23. The molecule has 1 fully saturated rings. The monoisotopic (exact) mass is 304 g/mol. The molecule has 1 aromatic carbocycles. The Morgan fingerprint density at radius 3 is 3.05 bits per heavy atom. The average molecular weight is 304 g/mol. The number of carbonyl (C=O) groups is 1. The molecule has 0 aliphatic carbocycles. The maximum absolute atomic E-state index is 12.3. The Morgan fingerprint density at radius 2 is 2.36 bits per heavy atom. The van der Waals surface area contributed by atoms with Crippen molar-refractivity contribution in [2.75, 3.05) is 19.6 Å². The minimum absolute atomic E-state index is 0.00669. The smallest absolute Gasteiger partial charge is 0.261 e. The Morgan fingerprint density at radius 1 is 1.50 bits per heavy atom. The first-order valence-corrected chi connectivity index (χ1v) is 8.40. The van der Waals surface area contributed by atoms with Gasteiger partial charge >= 0.3 is 0 Å². The summed E-state index contributed by atoms with van der Waals surface area (Å²) in [5.41, 5.74) is 1.14. The fraction of sp³-hybridized carbons (Fsp3) is 0.611. The van der Waals surface area contributed by atoms with Crippen LogP contribution >= 0.6 is 0 Å². The number of aryl methyl sites for hydroxylation is 1. The number of amides is 1. The van der Waals surface area contributed by atoms with E-state index in [0.717, 1.165) is 37.4 Å². The molecule has 2 rings (SSSR count). The first-order chi connectivity index (χ1) is 10.7. The van der Waals surface area contributed by atoms with Gasteiger partial charge in [0.25, 0.3) is 5.91 Å². The van der Waals surface area contributed by atoms with Crippen molar-refractivity contribution in [3.05, 3.63) is 29.8 Å². The molecule has 0 radical (unpaired) electrons. The van der Waals surface area contributed by atoms with Crippen molar-refractivity contribution in [2.24, 2.45) is 5.92 Å². The number of benzene rings is 1. The van der Waals surface area contributed by atoms with E-state index in [2.05, 4.69) is 10.6 Å². The average Bonchev–Trinajstić information content (AvgIpc) is 2.53. The minimum atomic E-state index is -0.411. The van der Waals surface area contributed by atoms with Gasteiger partial charge in [-0.05, 0) is 69.3 Å². The highest BCUT2D eigenvalue weighted by Crippen LogP contribution is 2.16. The zero-order valence-corrected chi connectivity index (χ0v) is 13.7. The molecule has 2 atom stereocenters. The molecule has 0 aromatic heterocycles. The Kier molecular flexibility index (Phi) is 6.72. The molecule has 0 bridgehead atoms.